The van der Waals surface area contributed by atoms with Crippen LogP contribution in [0.1, 0.15) is 5.56 Å². The first-order chi connectivity index (χ1) is 10.7. The number of morpholine rings is 1. The molecule has 0 spiro atoms. The van der Waals surface area contributed by atoms with E-state index in [9.17, 15) is 5.11 Å². The molecule has 0 aliphatic carbocycles. The Hall–Kier alpha value is -2.04. The van der Waals surface area contributed by atoms with Gasteiger partial charge in [-0.15, -0.1) is 0 Å². The molecule has 1 saturated heterocycles. The Labute approximate surface area is 134 Å². The Morgan fingerprint density at radius 2 is 1.91 bits per heavy atom. The van der Waals surface area contributed by atoms with Crippen LogP contribution < -0.4 is 4.90 Å². The lowest BCUT2D eigenvalue weighted by Crippen LogP contribution is -2.36. The van der Waals surface area contributed by atoms with Crippen LogP contribution in [0.15, 0.2) is 47.5 Å². The largest absolute Gasteiger partial charge is 0.507 e. The van der Waals surface area contributed by atoms with Gasteiger partial charge in [-0.05, 0) is 30.3 Å². The van der Waals surface area contributed by atoms with Crippen LogP contribution in [0.2, 0.25) is 5.02 Å². The van der Waals surface area contributed by atoms with Crippen molar-refractivity contribution in [2.45, 2.75) is 0 Å². The predicted molar refractivity (Wildman–Crippen MR) is 89.8 cm³/mol. The van der Waals surface area contributed by atoms with Crippen molar-refractivity contribution in [1.82, 2.24) is 0 Å². The fraction of sp³-hybridized carbons (Fsp3) is 0.235. The molecule has 0 radical (unpaired) electrons. The third kappa shape index (κ3) is 3.40. The van der Waals surface area contributed by atoms with Crippen molar-refractivity contribution in [3.8, 4) is 5.75 Å². The third-order valence-corrected chi connectivity index (χ3v) is 3.80. The Balaban J connectivity index is 1.88. The van der Waals surface area contributed by atoms with Crippen molar-refractivity contribution in [3.63, 3.8) is 0 Å². The zero-order valence-electron chi connectivity index (χ0n) is 12.1. The Morgan fingerprint density at radius 1 is 1.14 bits per heavy atom. The van der Waals surface area contributed by atoms with Gasteiger partial charge in [0.1, 0.15) is 5.75 Å². The van der Waals surface area contributed by atoms with Gasteiger partial charge in [0.25, 0.3) is 0 Å². The fourth-order valence-electron chi connectivity index (χ4n) is 2.41. The number of rotatable bonds is 3. The number of hydrogen-bond acceptors (Lipinski definition) is 4. The minimum atomic E-state index is 0.164. The van der Waals surface area contributed by atoms with Crippen LogP contribution in [0.25, 0.3) is 0 Å². The van der Waals surface area contributed by atoms with Gasteiger partial charge < -0.3 is 14.7 Å². The molecule has 4 nitrogen and oxygen atoms in total. The van der Waals surface area contributed by atoms with Gasteiger partial charge in [-0.3, -0.25) is 4.99 Å². The average Bonchev–Trinajstić information content (AvgIpc) is 2.57. The number of anilines is 1. The van der Waals surface area contributed by atoms with Crippen molar-refractivity contribution in [1.29, 1.82) is 0 Å². The van der Waals surface area contributed by atoms with E-state index in [0.717, 1.165) is 37.7 Å². The number of aliphatic imine (C=N–C) groups is 1. The van der Waals surface area contributed by atoms with E-state index < -0.39 is 0 Å². The van der Waals surface area contributed by atoms with E-state index in [1.807, 2.05) is 18.2 Å². The minimum absolute atomic E-state index is 0.164. The molecule has 114 valence electrons. The summed E-state index contributed by atoms with van der Waals surface area (Å²) in [5.41, 5.74) is 2.54. The molecule has 0 atom stereocenters. The molecule has 0 aromatic heterocycles. The van der Waals surface area contributed by atoms with E-state index in [2.05, 4.69) is 16.0 Å². The number of phenols is 1. The molecule has 0 bridgehead atoms. The molecule has 0 unspecified atom stereocenters. The molecule has 0 saturated carbocycles. The van der Waals surface area contributed by atoms with Crippen LogP contribution in [0.5, 0.6) is 5.75 Å². The van der Waals surface area contributed by atoms with Gasteiger partial charge in [0, 0.05) is 29.9 Å². The van der Waals surface area contributed by atoms with E-state index in [1.54, 1.807) is 24.4 Å². The number of hydrogen-bond donors (Lipinski definition) is 1. The summed E-state index contributed by atoms with van der Waals surface area (Å²) >= 11 is 5.96. The second kappa shape index (κ2) is 6.81. The Bertz CT molecular complexity index is 682. The fourth-order valence-corrected chi connectivity index (χ4v) is 2.59. The number of aromatic hydroxyl groups is 1. The summed E-state index contributed by atoms with van der Waals surface area (Å²) in [7, 11) is 0. The lowest BCUT2D eigenvalue weighted by atomic mass is 10.2. The van der Waals surface area contributed by atoms with Gasteiger partial charge in [-0.2, -0.15) is 0 Å². The van der Waals surface area contributed by atoms with Crippen molar-refractivity contribution >= 4 is 29.2 Å². The predicted octanol–water partition coefficient (Wildman–Crippen LogP) is 3.63. The topological polar surface area (TPSA) is 45.1 Å². The summed E-state index contributed by atoms with van der Waals surface area (Å²) in [5.74, 6) is 0.164. The van der Waals surface area contributed by atoms with Crippen molar-refractivity contribution in [2.24, 2.45) is 4.99 Å². The number of para-hydroxylation sites is 2. The highest BCUT2D eigenvalue weighted by Crippen LogP contribution is 2.29. The lowest BCUT2D eigenvalue weighted by Gasteiger charge is -2.29. The summed E-state index contributed by atoms with van der Waals surface area (Å²) < 4.78 is 5.39. The molecule has 1 heterocycles. The first-order valence-corrected chi connectivity index (χ1v) is 7.56. The first kappa shape index (κ1) is 14.9. The lowest BCUT2D eigenvalue weighted by molar-refractivity contribution is 0.123. The van der Waals surface area contributed by atoms with Crippen LogP contribution in [0.4, 0.5) is 11.4 Å². The SMILES string of the molecule is Oc1ccc(Cl)cc1C=Nc1ccccc1N1CCOCC1. The number of ether oxygens (including phenoxy) is 1. The second-order valence-corrected chi connectivity index (χ2v) is 5.49. The Morgan fingerprint density at radius 3 is 2.73 bits per heavy atom. The zero-order chi connectivity index (χ0) is 15.4. The van der Waals surface area contributed by atoms with Gasteiger partial charge in [0.2, 0.25) is 0 Å². The van der Waals surface area contributed by atoms with Crippen LogP contribution >= 0.6 is 11.6 Å². The number of phenolic OH excluding ortho intramolecular Hbond substituents is 1. The highest BCUT2D eigenvalue weighted by molar-refractivity contribution is 6.30. The molecular formula is C17H17ClN2O2. The highest BCUT2D eigenvalue weighted by atomic mass is 35.5. The second-order valence-electron chi connectivity index (χ2n) is 5.05. The highest BCUT2D eigenvalue weighted by Gasteiger charge is 2.13. The molecule has 5 heteroatoms. The van der Waals surface area contributed by atoms with Gasteiger partial charge in [-0.25, -0.2) is 0 Å². The average molecular weight is 317 g/mol. The normalized spacial score (nSPS) is 15.4. The summed E-state index contributed by atoms with van der Waals surface area (Å²) in [5, 5.41) is 10.4. The summed E-state index contributed by atoms with van der Waals surface area (Å²) in [6.07, 6.45) is 1.64. The molecule has 2 aromatic rings. The van der Waals surface area contributed by atoms with Crippen LogP contribution in [-0.4, -0.2) is 37.6 Å². The summed E-state index contributed by atoms with van der Waals surface area (Å²) in [6, 6.07) is 12.9. The van der Waals surface area contributed by atoms with Gasteiger partial charge >= 0.3 is 0 Å². The molecule has 1 aliphatic rings. The molecule has 22 heavy (non-hydrogen) atoms. The summed E-state index contributed by atoms with van der Waals surface area (Å²) in [4.78, 5) is 6.79. The zero-order valence-corrected chi connectivity index (χ0v) is 12.8. The van der Waals surface area contributed by atoms with E-state index in [4.69, 9.17) is 16.3 Å². The van der Waals surface area contributed by atoms with Crippen LogP contribution in [-0.2, 0) is 4.74 Å². The monoisotopic (exact) mass is 316 g/mol. The maximum atomic E-state index is 9.85. The molecule has 1 fully saturated rings. The first-order valence-electron chi connectivity index (χ1n) is 7.18. The van der Waals surface area contributed by atoms with E-state index in [0.29, 0.717) is 10.6 Å². The third-order valence-electron chi connectivity index (χ3n) is 3.57. The van der Waals surface area contributed by atoms with Crippen molar-refractivity contribution < 1.29 is 9.84 Å². The van der Waals surface area contributed by atoms with Gasteiger partial charge in [-0.1, -0.05) is 23.7 Å². The Kier molecular flexibility index (Phi) is 4.61. The maximum absolute atomic E-state index is 9.85. The molecular weight excluding hydrogens is 300 g/mol. The maximum Gasteiger partial charge on any atom is 0.124 e. The summed E-state index contributed by atoms with van der Waals surface area (Å²) in [6.45, 7) is 3.17. The van der Waals surface area contributed by atoms with Crippen LogP contribution in [0, 0.1) is 0 Å². The number of nitrogens with zero attached hydrogens (tertiary/aromatic N) is 2. The number of halogens is 1. The van der Waals surface area contributed by atoms with Gasteiger partial charge in [0.05, 0.1) is 24.6 Å². The minimum Gasteiger partial charge on any atom is -0.507 e. The number of benzene rings is 2. The van der Waals surface area contributed by atoms with Gasteiger partial charge in [0.15, 0.2) is 0 Å². The van der Waals surface area contributed by atoms with E-state index in [-0.39, 0.29) is 5.75 Å². The van der Waals surface area contributed by atoms with Crippen molar-refractivity contribution in [3.05, 3.63) is 53.1 Å². The quantitative estimate of drug-likeness (QED) is 0.879. The molecule has 1 aliphatic heterocycles. The van der Waals surface area contributed by atoms with Crippen molar-refractivity contribution in [2.75, 3.05) is 31.2 Å². The molecule has 3 rings (SSSR count). The smallest absolute Gasteiger partial charge is 0.124 e. The van der Waals surface area contributed by atoms with Crippen LogP contribution in [0.3, 0.4) is 0 Å². The van der Waals surface area contributed by atoms with E-state index in [1.165, 1.54) is 0 Å². The molecule has 0 amide bonds. The molecule has 1 N–H and O–H groups in total. The van der Waals surface area contributed by atoms with E-state index >= 15 is 0 Å². The standard InChI is InChI=1S/C17H17ClN2O2/c18-14-5-6-17(21)13(11-14)12-19-15-3-1-2-4-16(15)20-7-9-22-10-8-20/h1-6,11-12,21H,7-10H2. The molecule has 2 aromatic carbocycles.